The number of sulfonamides is 2. The first-order chi connectivity index (χ1) is 31.3. The number of nitrogens with zero attached hydrogens (tertiary/aromatic N) is 6. The lowest BCUT2D eigenvalue weighted by Crippen LogP contribution is -2.42. The van der Waals surface area contributed by atoms with Gasteiger partial charge in [-0.2, -0.15) is 8.61 Å². The van der Waals surface area contributed by atoms with Gasteiger partial charge < -0.3 is 18.6 Å². The van der Waals surface area contributed by atoms with E-state index in [2.05, 4.69) is 14.7 Å². The van der Waals surface area contributed by atoms with Crippen LogP contribution in [0.2, 0.25) is 10.3 Å². The predicted molar refractivity (Wildman–Crippen MR) is 245 cm³/mol. The predicted octanol–water partition coefficient (Wildman–Crippen LogP) is 7.42. The molecule has 0 saturated carbocycles. The van der Waals surface area contributed by atoms with Crippen LogP contribution in [0.3, 0.4) is 0 Å². The molecule has 66 heavy (non-hydrogen) atoms. The second-order valence-corrected chi connectivity index (χ2v) is 20.6. The molecule has 2 aromatic carbocycles. The highest BCUT2D eigenvalue weighted by molar-refractivity contribution is 7.89. The smallest absolute Gasteiger partial charge is 0.379 e. The van der Waals surface area contributed by atoms with Gasteiger partial charge in [-0.15, -0.1) is 23.2 Å². The Morgan fingerprint density at radius 2 is 1.14 bits per heavy atom. The second-order valence-electron chi connectivity index (χ2n) is 15.0. The average Bonchev–Trinajstić information content (AvgIpc) is 3.78. The van der Waals surface area contributed by atoms with Crippen LogP contribution in [0.1, 0.15) is 40.2 Å². The first kappa shape index (κ1) is 50.7. The molecule has 6 aromatic rings. The molecule has 4 aromatic heterocycles. The van der Waals surface area contributed by atoms with Gasteiger partial charge in [0.1, 0.15) is 21.9 Å². The minimum atomic E-state index is -3.87. The summed E-state index contributed by atoms with van der Waals surface area (Å²) in [6.07, 6.45) is 5.07. The number of ether oxygens (including phenoxy) is 2. The van der Waals surface area contributed by atoms with Crippen molar-refractivity contribution < 1.29 is 49.5 Å². The molecule has 15 nitrogen and oxygen atoms in total. The Morgan fingerprint density at radius 1 is 0.712 bits per heavy atom. The van der Waals surface area contributed by atoms with E-state index in [1.807, 2.05) is 4.57 Å². The van der Waals surface area contributed by atoms with Crippen molar-refractivity contribution in [1.29, 1.82) is 0 Å². The number of likely N-dealkylation sites (N-methyl/N-ethyl adjacent to an activating group) is 2. The normalized spacial score (nSPS) is 15.9. The highest BCUT2D eigenvalue weighted by Gasteiger charge is 2.37. The molecule has 2 atom stereocenters. The van der Waals surface area contributed by atoms with Crippen molar-refractivity contribution in [2.75, 3.05) is 33.7 Å². The molecule has 0 amide bonds. The summed E-state index contributed by atoms with van der Waals surface area (Å²) in [5.41, 5.74) is 3.94. The van der Waals surface area contributed by atoms with Gasteiger partial charge in [0.15, 0.2) is 0 Å². The van der Waals surface area contributed by atoms with Crippen molar-refractivity contribution in [2.45, 2.75) is 67.1 Å². The number of esters is 2. The Hall–Kier alpha value is -4.73. The number of pyridine rings is 2. The summed E-state index contributed by atoms with van der Waals surface area (Å²) < 4.78 is 94.5. The van der Waals surface area contributed by atoms with Crippen LogP contribution < -0.4 is 0 Å². The molecule has 0 bridgehead atoms. The van der Waals surface area contributed by atoms with E-state index in [1.165, 1.54) is 60.3 Å². The number of hydrogen-bond donors (Lipinski definition) is 0. The van der Waals surface area contributed by atoms with Gasteiger partial charge in [0, 0.05) is 73.8 Å². The van der Waals surface area contributed by atoms with Crippen LogP contribution in [0.5, 0.6) is 0 Å². The van der Waals surface area contributed by atoms with Crippen LogP contribution >= 0.6 is 46.4 Å². The van der Waals surface area contributed by atoms with Gasteiger partial charge in [0.2, 0.25) is 20.0 Å². The van der Waals surface area contributed by atoms with E-state index in [9.17, 15) is 40.0 Å². The quantitative estimate of drug-likeness (QED) is 0.0438. The highest BCUT2D eigenvalue weighted by Crippen LogP contribution is 2.36. The molecule has 6 heterocycles. The van der Waals surface area contributed by atoms with Gasteiger partial charge >= 0.3 is 11.9 Å². The number of alkyl halides is 2. The maximum absolute atomic E-state index is 13.2. The number of ketones is 1. The fraction of sp³-hybridized carbons (Fsp3) is 0.326. The highest BCUT2D eigenvalue weighted by atomic mass is 35.5. The second kappa shape index (κ2) is 21.1. The van der Waals surface area contributed by atoms with Crippen LogP contribution in [-0.4, -0.2) is 108 Å². The van der Waals surface area contributed by atoms with Gasteiger partial charge in [0.25, 0.3) is 5.78 Å². The summed E-state index contributed by atoms with van der Waals surface area (Å²) in [7, 11) is -2.20. The molecule has 2 aliphatic heterocycles. The summed E-state index contributed by atoms with van der Waals surface area (Å²) in [6.45, 7) is 0.627. The minimum absolute atomic E-state index is 0.0154. The van der Waals surface area contributed by atoms with E-state index in [0.717, 1.165) is 53.5 Å². The lowest BCUT2D eigenvalue weighted by atomic mass is 10.00. The number of carbonyl (C=O) groups excluding carboxylic acids is 3. The molecular weight excluding hydrogens is 988 g/mol. The minimum Gasteiger partial charge on any atom is -0.469 e. The van der Waals surface area contributed by atoms with Crippen LogP contribution in [0.4, 0.5) is 8.78 Å². The fourth-order valence-electron chi connectivity index (χ4n) is 8.18. The zero-order chi connectivity index (χ0) is 48.2. The lowest BCUT2D eigenvalue weighted by Gasteiger charge is -2.32. The van der Waals surface area contributed by atoms with E-state index in [1.54, 1.807) is 22.9 Å². The Labute approximate surface area is 399 Å². The Balaban J connectivity index is 0.000000206. The van der Waals surface area contributed by atoms with Gasteiger partial charge in [-0.3, -0.25) is 9.59 Å². The molecule has 0 radical (unpaired) electrons. The molecule has 2 unspecified atom stereocenters. The molecule has 352 valence electrons. The molecule has 2 aliphatic rings. The number of methoxy groups -OCH3 is 2. The SMILES string of the molecule is COC(=O)C(=O)c1c2n(c3cc(Cl)ncc13)CC(N(C)S(=O)(=O)c1ccc(F)cc1)CC2.COC(=O)Cc1c2n(c3cc(Cl)ncc13)CC(N(C)S(=O)(=O)c1ccc(F)cc1)CC2.ClCCl. The Kier molecular flexibility index (Phi) is 16.2. The molecule has 8 rings (SSSR count). The number of Topliss-reactive ketones (excluding diaryl/α,β-unsaturated/α-hetero) is 1. The van der Waals surface area contributed by atoms with E-state index in [4.69, 9.17) is 51.1 Å². The number of benzene rings is 2. The molecule has 0 aliphatic carbocycles. The standard InChI is InChI=1S/C21H19ClFN3O5S.C21H21ClFN3O4S.CH2Cl2/c1-25(32(29,30)14-6-3-12(23)4-7-14)13-5-8-16-19(20(27)21(28)31-2)15-10-24-18(22)9-17(15)26(16)11-13;1-25(31(28,29)15-6-3-13(23)4-7-15)14-5-8-18-16(9-21(27)30-2)17-11-24-20(22)10-19(17)26(18)12-14;2-1-3/h3-4,6-7,9-10,13H,5,8,11H2,1-2H3;3-4,6-7,10-11,14H,5,8-9,12H2,1-2H3;1H2. The monoisotopic (exact) mass is 1030 g/mol. The summed E-state index contributed by atoms with van der Waals surface area (Å²) in [6, 6.07) is 12.0. The molecule has 0 saturated heterocycles. The summed E-state index contributed by atoms with van der Waals surface area (Å²) >= 11 is 21.7. The molecule has 0 spiro atoms. The zero-order valence-corrected chi connectivity index (χ0v) is 40.3. The van der Waals surface area contributed by atoms with Crippen molar-refractivity contribution in [2.24, 2.45) is 0 Å². The molecular formula is C43H42Cl4F2N6O9S2. The van der Waals surface area contributed by atoms with Gasteiger partial charge in [-0.05, 0) is 91.9 Å². The Bertz CT molecular complexity index is 3030. The maximum Gasteiger partial charge on any atom is 0.379 e. The lowest BCUT2D eigenvalue weighted by molar-refractivity contribution is -0.139. The third-order valence-electron chi connectivity index (χ3n) is 11.5. The fourth-order valence-corrected chi connectivity index (χ4v) is 11.2. The topological polar surface area (TPSA) is 180 Å². The Morgan fingerprint density at radius 3 is 1.59 bits per heavy atom. The van der Waals surface area contributed by atoms with Crippen LogP contribution in [-0.2, 0) is 71.5 Å². The zero-order valence-electron chi connectivity index (χ0n) is 35.7. The van der Waals surface area contributed by atoms with Crippen molar-refractivity contribution in [3.63, 3.8) is 0 Å². The number of carbonyl (C=O) groups is 3. The first-order valence-corrected chi connectivity index (χ1v) is 24.6. The van der Waals surface area contributed by atoms with Crippen molar-refractivity contribution >= 4 is 106 Å². The number of fused-ring (bicyclic) bond motifs is 6. The van der Waals surface area contributed by atoms with Crippen LogP contribution in [0, 0.1) is 11.6 Å². The van der Waals surface area contributed by atoms with Gasteiger partial charge in [0.05, 0.1) is 52.4 Å². The summed E-state index contributed by atoms with van der Waals surface area (Å²) in [4.78, 5) is 44.8. The first-order valence-electron chi connectivity index (χ1n) is 19.9. The van der Waals surface area contributed by atoms with Crippen molar-refractivity contribution in [3.05, 3.63) is 118 Å². The van der Waals surface area contributed by atoms with Crippen LogP contribution in [0.15, 0.2) is 82.8 Å². The van der Waals surface area contributed by atoms with Crippen molar-refractivity contribution in [1.82, 2.24) is 27.7 Å². The van der Waals surface area contributed by atoms with E-state index in [-0.39, 0.29) is 50.8 Å². The molecule has 0 fully saturated rings. The largest absolute Gasteiger partial charge is 0.469 e. The van der Waals surface area contributed by atoms with Crippen LogP contribution in [0.25, 0.3) is 21.8 Å². The molecule has 0 N–H and O–H groups in total. The van der Waals surface area contributed by atoms with Crippen molar-refractivity contribution in [3.8, 4) is 0 Å². The number of aromatic nitrogens is 4. The molecule has 23 heteroatoms. The van der Waals surface area contributed by atoms with Gasteiger partial charge in [-0.25, -0.2) is 40.4 Å². The summed E-state index contributed by atoms with van der Waals surface area (Å²) in [5.74, 6) is -3.16. The third kappa shape index (κ3) is 10.4. The average molecular weight is 1030 g/mol. The van der Waals surface area contributed by atoms with E-state index in [0.29, 0.717) is 54.0 Å². The number of halogens is 6. The van der Waals surface area contributed by atoms with E-state index < -0.39 is 49.5 Å². The maximum atomic E-state index is 13.2. The number of hydrogen-bond acceptors (Lipinski definition) is 11. The summed E-state index contributed by atoms with van der Waals surface area (Å²) in [5, 5.41) is 1.95. The van der Waals surface area contributed by atoms with Gasteiger partial charge in [-0.1, -0.05) is 23.2 Å². The third-order valence-corrected chi connectivity index (χ3v) is 15.8. The van der Waals surface area contributed by atoms with E-state index >= 15 is 0 Å². The number of rotatable bonds is 10.